The maximum atomic E-state index is 13.6. The Labute approximate surface area is 334 Å². The fraction of sp³-hybridized carbons (Fsp3) is 0.353. The number of phenolic OH excluding ortho intramolecular Hbond substituents is 2. The molecule has 0 bridgehead atoms. The van der Waals surface area contributed by atoms with Crippen LogP contribution in [-0.4, -0.2) is 97.7 Å². The van der Waals surface area contributed by atoms with Crippen LogP contribution >= 0.6 is 34.7 Å². The number of benzene rings is 2. The number of nitrogen functional groups attached to an aromatic ring is 1. The predicted octanol–water partition coefficient (Wildman–Crippen LogP) is -0.950. The number of carboxylic acids is 1. The van der Waals surface area contributed by atoms with E-state index in [4.69, 9.17) is 22.2 Å². The molecule has 0 radical (unpaired) electrons. The van der Waals surface area contributed by atoms with Crippen molar-refractivity contribution in [2.75, 3.05) is 44.2 Å². The van der Waals surface area contributed by atoms with Crippen molar-refractivity contribution in [3.8, 4) is 11.5 Å². The van der Waals surface area contributed by atoms with E-state index in [2.05, 4.69) is 21.5 Å². The first-order chi connectivity index (χ1) is 24.5. The molecule has 2 atom stereocenters. The smallest absolute Gasteiger partial charge is 0.543 e. The van der Waals surface area contributed by atoms with Crippen LogP contribution in [-0.2, 0) is 25.8 Å². The van der Waals surface area contributed by atoms with Gasteiger partial charge in [-0.1, -0.05) is 16.8 Å². The van der Waals surface area contributed by atoms with Gasteiger partial charge in [0, 0.05) is 36.0 Å². The number of nitrogens with zero attached hydrogens (tertiary/aromatic N) is 4. The van der Waals surface area contributed by atoms with E-state index < -0.39 is 46.4 Å². The third-order valence-corrected chi connectivity index (χ3v) is 11.6. The van der Waals surface area contributed by atoms with Crippen molar-refractivity contribution in [2.24, 2.45) is 11.1 Å². The average Bonchev–Trinajstić information content (AvgIpc) is 3.76. The Morgan fingerprint density at radius 1 is 1.21 bits per heavy atom. The van der Waals surface area contributed by atoms with Gasteiger partial charge >= 0.3 is 29.6 Å². The maximum absolute atomic E-state index is 13.6. The molecule has 3 aromatic rings. The minimum Gasteiger partial charge on any atom is -0.543 e. The topological polar surface area (TPSA) is 208 Å². The van der Waals surface area contributed by atoms with E-state index in [1.165, 1.54) is 28.8 Å². The standard InChI is InChI=1S/C34H35ClN6O8S2.Na/c35-26-21(8-9-24(42)29(26)44)30(45)37-10-13-41(11-4-5-12-41)15-20-17-50-32-22(31(46)40(32)28(20)33(47)48)14-25(43)27(23-18-51-34(36)38-23)39-49-16-19-6-2-1-3-7-19;/h1-3,6,8-9,18,22,32,42,44H,4-5,10-17H2,(H2,36,38)(H,37,45)(H,47,48);/q;+1/p-1/b39-27-;/t22-,32-;/m1./s1. The zero-order chi connectivity index (χ0) is 36.3. The van der Waals surface area contributed by atoms with Crippen LogP contribution in [0.4, 0.5) is 5.13 Å². The number of aromatic hydroxyl groups is 2. The Kier molecular flexibility index (Phi) is 12.9. The van der Waals surface area contributed by atoms with E-state index in [-0.39, 0.29) is 82.0 Å². The van der Waals surface area contributed by atoms with Crippen molar-refractivity contribution in [3.63, 3.8) is 0 Å². The van der Waals surface area contributed by atoms with Crippen LogP contribution in [0, 0.1) is 12.0 Å². The number of carboxylic acid groups (broad SMARTS) is 1. The second-order valence-corrected chi connectivity index (χ2v) is 14.9. The number of hydrogen-bond acceptors (Lipinski definition) is 13. The Morgan fingerprint density at radius 3 is 2.65 bits per heavy atom. The molecule has 0 spiro atoms. The maximum Gasteiger partial charge on any atom is 1.00 e. The predicted molar refractivity (Wildman–Crippen MR) is 187 cm³/mol. The van der Waals surface area contributed by atoms with E-state index in [1.54, 1.807) is 17.5 Å². The quantitative estimate of drug-likeness (QED) is 0.0299. The number of anilines is 1. The van der Waals surface area contributed by atoms with Crippen molar-refractivity contribution >= 4 is 69.1 Å². The summed E-state index contributed by atoms with van der Waals surface area (Å²) in [5.41, 5.74) is 7.06. The van der Waals surface area contributed by atoms with E-state index in [9.17, 15) is 34.5 Å². The molecule has 2 fully saturated rings. The number of nitrogens with two attached hydrogens (primary N) is 1. The Morgan fingerprint density at radius 2 is 1.98 bits per heavy atom. The molecule has 5 N–H and O–H groups in total. The number of thiazole rings is 1. The number of nitrogens with one attached hydrogen (secondary N) is 1. The molecule has 2 amide bonds. The summed E-state index contributed by atoms with van der Waals surface area (Å²) in [5.74, 6) is -4.49. The van der Waals surface area contributed by atoms with Crippen molar-refractivity contribution in [1.29, 1.82) is 0 Å². The first-order valence-corrected chi connectivity index (χ1v) is 18.4. The number of β-lactam (4-membered cyclic amide) rings is 1. The number of thioether (sulfide) groups is 1. The van der Waals surface area contributed by atoms with Crippen LogP contribution in [0.5, 0.6) is 11.5 Å². The molecule has 52 heavy (non-hydrogen) atoms. The molecule has 3 aliphatic rings. The molecular weight excluding hydrogens is 743 g/mol. The molecule has 0 saturated carbocycles. The van der Waals surface area contributed by atoms with Gasteiger partial charge in [0.2, 0.25) is 5.91 Å². The second-order valence-electron chi connectivity index (χ2n) is 12.5. The zero-order valence-electron chi connectivity index (χ0n) is 28.2. The van der Waals surface area contributed by atoms with E-state index in [1.807, 2.05) is 12.1 Å². The van der Waals surface area contributed by atoms with E-state index in [0.717, 1.165) is 42.8 Å². The summed E-state index contributed by atoms with van der Waals surface area (Å²) in [6, 6.07) is 12.7. The van der Waals surface area contributed by atoms with Gasteiger partial charge in [0.25, 0.3) is 5.91 Å². The van der Waals surface area contributed by atoms with Gasteiger partial charge in [-0.25, -0.2) is 4.98 Å². The van der Waals surface area contributed by atoms with Gasteiger partial charge in [0.05, 0.1) is 59.7 Å². The van der Waals surface area contributed by atoms with Crippen LogP contribution < -0.4 is 45.7 Å². The SMILES string of the molecule is Nc1nc(/C(=N/OCc2[c-]cccc2)C(=O)C[C@@H]2C(=O)N3C(C(=O)[O-])=C(C[N+]4(CCNC(=O)c5ccc(O)c(O)c5Cl)CCCC4)CS[C@H]23)cs1.[Na+]. The molecule has 0 unspecified atom stereocenters. The summed E-state index contributed by atoms with van der Waals surface area (Å²) in [6.45, 7) is 2.59. The second kappa shape index (κ2) is 17.0. The van der Waals surface area contributed by atoms with Crippen molar-refractivity contribution in [3.05, 3.63) is 81.0 Å². The summed E-state index contributed by atoms with van der Waals surface area (Å²) in [5, 5.41) is 39.9. The number of fused-ring (bicyclic) bond motifs is 1. The number of hydrogen-bond donors (Lipinski definition) is 4. The minimum atomic E-state index is -1.47. The average molecular weight is 777 g/mol. The molecule has 2 saturated heterocycles. The van der Waals surface area contributed by atoms with Crippen LogP contribution in [0.1, 0.15) is 40.9 Å². The summed E-state index contributed by atoms with van der Waals surface area (Å²) in [4.78, 5) is 63.4. The van der Waals surface area contributed by atoms with E-state index >= 15 is 0 Å². The number of aliphatic carboxylic acids is 1. The molecule has 268 valence electrons. The number of ketones is 1. The molecule has 2 aromatic carbocycles. The number of Topliss-reactive ketones (excluding diaryl/α,β-unsaturated/α-hetero) is 1. The van der Waals surface area contributed by atoms with Crippen molar-refractivity contribution in [1.82, 2.24) is 15.2 Å². The molecular formula is C34H34ClN6NaO8S2. The Hall–Kier alpha value is -3.64. The largest absolute Gasteiger partial charge is 1.00 e. The molecule has 3 aliphatic heterocycles. The molecule has 4 heterocycles. The van der Waals surface area contributed by atoms with Gasteiger partial charge in [-0.15, -0.1) is 28.7 Å². The number of halogens is 1. The van der Waals surface area contributed by atoms with Crippen molar-refractivity contribution < 1.29 is 73.4 Å². The number of likely N-dealkylation sites (tertiary alicyclic amines) is 1. The summed E-state index contributed by atoms with van der Waals surface area (Å²) in [7, 11) is 0. The number of phenols is 2. The molecule has 1 aromatic heterocycles. The van der Waals surface area contributed by atoms with Crippen molar-refractivity contribution in [2.45, 2.75) is 31.2 Å². The fourth-order valence-corrected chi connectivity index (χ4v) is 8.85. The summed E-state index contributed by atoms with van der Waals surface area (Å²) >= 11 is 8.57. The first-order valence-electron chi connectivity index (χ1n) is 16.1. The fourth-order valence-electron chi connectivity index (χ4n) is 6.65. The van der Waals surface area contributed by atoms with Crippen LogP contribution in [0.15, 0.2) is 58.2 Å². The van der Waals surface area contributed by atoms with Crippen LogP contribution in [0.25, 0.3) is 0 Å². The number of quaternary nitrogens is 1. The number of oxime groups is 1. The van der Waals surface area contributed by atoms with Gasteiger partial charge in [0.15, 0.2) is 28.1 Å². The first kappa shape index (κ1) is 39.6. The molecule has 18 heteroatoms. The van der Waals surface area contributed by atoms with Crippen LogP contribution in [0.3, 0.4) is 0 Å². The van der Waals surface area contributed by atoms with E-state index in [0.29, 0.717) is 28.9 Å². The Bertz CT molecular complexity index is 1920. The van der Waals surface area contributed by atoms with Gasteiger partial charge in [0.1, 0.15) is 18.8 Å². The number of rotatable bonds is 14. The van der Waals surface area contributed by atoms with Gasteiger partial charge in [-0.2, -0.15) is 30.3 Å². The normalized spacial score (nSPS) is 19.4. The minimum absolute atomic E-state index is 0. The number of carbonyl (C=O) groups excluding carboxylic acids is 4. The summed E-state index contributed by atoms with van der Waals surface area (Å²) < 4.78 is 0.494. The third-order valence-electron chi connectivity index (χ3n) is 9.19. The van der Waals surface area contributed by atoms with Gasteiger partial charge < -0.3 is 40.5 Å². The molecule has 14 nitrogen and oxygen atoms in total. The Balaban J connectivity index is 0.00000523. The van der Waals surface area contributed by atoms with Gasteiger partial charge in [-0.05, 0) is 12.1 Å². The number of carbonyl (C=O) groups is 4. The monoisotopic (exact) mass is 776 g/mol. The molecule has 0 aliphatic carbocycles. The molecule has 6 rings (SSSR count). The summed E-state index contributed by atoms with van der Waals surface area (Å²) in [6.07, 6.45) is 1.58. The van der Waals surface area contributed by atoms with Gasteiger partial charge in [-0.3, -0.25) is 19.3 Å². The van der Waals surface area contributed by atoms with Crippen LogP contribution in [0.2, 0.25) is 5.02 Å². The third kappa shape index (κ3) is 8.43. The number of amides is 2. The number of aromatic nitrogens is 1. The zero-order valence-corrected chi connectivity index (χ0v) is 32.6.